The second-order valence-electron chi connectivity index (χ2n) is 3.10. The average molecular weight is 166 g/mol. The van der Waals surface area contributed by atoms with Gasteiger partial charge in [0.15, 0.2) is 0 Å². The van der Waals surface area contributed by atoms with Gasteiger partial charge in [0.1, 0.15) is 5.69 Å². The molecule has 1 aromatic heterocycles. The number of rotatable bonds is 2. The van der Waals surface area contributed by atoms with Crippen LogP contribution in [0.15, 0.2) is 12.3 Å². The number of aromatic nitrogens is 1. The summed E-state index contributed by atoms with van der Waals surface area (Å²) in [5.41, 5.74) is 6.33. The minimum absolute atomic E-state index is 0.301. The van der Waals surface area contributed by atoms with Gasteiger partial charge in [0.2, 0.25) is 0 Å². The van der Waals surface area contributed by atoms with Crippen molar-refractivity contribution in [2.75, 3.05) is 5.73 Å². The van der Waals surface area contributed by atoms with Crippen molar-refractivity contribution < 1.29 is 9.90 Å². The Hall–Kier alpha value is -1.45. The van der Waals surface area contributed by atoms with Gasteiger partial charge in [0, 0.05) is 12.2 Å². The van der Waals surface area contributed by atoms with E-state index < -0.39 is 5.97 Å². The van der Waals surface area contributed by atoms with Crippen LogP contribution in [0.4, 0.5) is 5.69 Å². The Balaban J connectivity index is 2.43. The molecule has 0 spiro atoms. The van der Waals surface area contributed by atoms with E-state index in [-0.39, 0.29) is 0 Å². The molecule has 1 heterocycles. The van der Waals surface area contributed by atoms with Crippen LogP contribution in [0.2, 0.25) is 0 Å². The molecule has 1 saturated carbocycles. The van der Waals surface area contributed by atoms with Crippen LogP contribution in [-0.4, -0.2) is 15.6 Å². The van der Waals surface area contributed by atoms with E-state index in [9.17, 15) is 4.79 Å². The number of aromatic carboxylic acids is 1. The van der Waals surface area contributed by atoms with Crippen molar-refractivity contribution in [3.8, 4) is 0 Å². The minimum atomic E-state index is -0.904. The summed E-state index contributed by atoms with van der Waals surface area (Å²) in [4.78, 5) is 10.7. The summed E-state index contributed by atoms with van der Waals surface area (Å²) in [6.07, 6.45) is 3.82. The summed E-state index contributed by atoms with van der Waals surface area (Å²) in [5.74, 6) is -0.904. The molecule has 3 N–H and O–H groups in total. The summed E-state index contributed by atoms with van der Waals surface area (Å²) in [7, 11) is 0. The van der Waals surface area contributed by atoms with Crippen molar-refractivity contribution in [1.29, 1.82) is 0 Å². The molecule has 0 saturated heterocycles. The van der Waals surface area contributed by atoms with Gasteiger partial charge in [-0.05, 0) is 18.9 Å². The molecule has 0 atom stereocenters. The summed E-state index contributed by atoms with van der Waals surface area (Å²) in [6.45, 7) is 0. The van der Waals surface area contributed by atoms with Crippen LogP contribution in [-0.2, 0) is 0 Å². The number of carboxylic acid groups (broad SMARTS) is 1. The molecule has 0 radical (unpaired) electrons. The molecule has 0 amide bonds. The first kappa shape index (κ1) is 7.21. The van der Waals surface area contributed by atoms with E-state index >= 15 is 0 Å². The number of carboxylic acids is 1. The van der Waals surface area contributed by atoms with E-state index in [1.165, 1.54) is 6.07 Å². The van der Waals surface area contributed by atoms with Crippen molar-refractivity contribution in [1.82, 2.24) is 4.57 Å². The molecule has 4 heteroatoms. The summed E-state index contributed by atoms with van der Waals surface area (Å²) in [5, 5.41) is 8.78. The molecule has 64 valence electrons. The number of nitrogens with two attached hydrogens (primary N) is 1. The Kier molecular flexibility index (Phi) is 1.36. The van der Waals surface area contributed by atoms with Gasteiger partial charge in [-0.25, -0.2) is 4.79 Å². The molecular weight excluding hydrogens is 156 g/mol. The second-order valence-corrected chi connectivity index (χ2v) is 3.10. The number of nitrogens with zero attached hydrogens (tertiary/aromatic N) is 1. The highest BCUT2D eigenvalue weighted by Crippen LogP contribution is 2.37. The van der Waals surface area contributed by atoms with Crippen molar-refractivity contribution in [2.45, 2.75) is 18.9 Å². The maximum atomic E-state index is 10.7. The van der Waals surface area contributed by atoms with Crippen LogP contribution < -0.4 is 5.73 Å². The number of carbonyl (C=O) groups is 1. The number of hydrogen-bond acceptors (Lipinski definition) is 2. The van der Waals surface area contributed by atoms with E-state index in [1.807, 2.05) is 0 Å². The normalized spacial score (nSPS) is 16.3. The highest BCUT2D eigenvalue weighted by atomic mass is 16.4. The van der Waals surface area contributed by atoms with Crippen LogP contribution in [0.3, 0.4) is 0 Å². The molecule has 0 unspecified atom stereocenters. The van der Waals surface area contributed by atoms with E-state index in [1.54, 1.807) is 10.8 Å². The van der Waals surface area contributed by atoms with Crippen molar-refractivity contribution in [3.63, 3.8) is 0 Å². The Morgan fingerprint density at radius 2 is 2.33 bits per heavy atom. The predicted octanol–water partition coefficient (Wildman–Crippen LogP) is 1.10. The standard InChI is InChI=1S/C8H10N2O2/c9-5-3-7(8(11)12)10(4-5)6-1-2-6/h3-4,6H,1-2,9H2,(H,11,12). The van der Waals surface area contributed by atoms with Gasteiger partial charge in [-0.1, -0.05) is 0 Å². The van der Waals surface area contributed by atoms with Crippen molar-refractivity contribution >= 4 is 11.7 Å². The lowest BCUT2D eigenvalue weighted by Crippen LogP contribution is -2.05. The van der Waals surface area contributed by atoms with Gasteiger partial charge in [0.05, 0.1) is 5.69 Å². The molecular formula is C8H10N2O2. The zero-order chi connectivity index (χ0) is 8.72. The topological polar surface area (TPSA) is 68.2 Å². The van der Waals surface area contributed by atoms with Crippen molar-refractivity contribution in [3.05, 3.63) is 18.0 Å². The van der Waals surface area contributed by atoms with Crippen LogP contribution in [0.5, 0.6) is 0 Å². The summed E-state index contributed by atoms with van der Waals surface area (Å²) < 4.78 is 1.75. The molecule has 1 aliphatic carbocycles. The Bertz CT molecular complexity index is 326. The van der Waals surface area contributed by atoms with Crippen LogP contribution in [0, 0.1) is 0 Å². The highest BCUT2D eigenvalue weighted by Gasteiger charge is 2.27. The van der Waals surface area contributed by atoms with Gasteiger partial charge in [-0.15, -0.1) is 0 Å². The smallest absolute Gasteiger partial charge is 0.352 e. The van der Waals surface area contributed by atoms with Gasteiger partial charge >= 0.3 is 5.97 Å². The van der Waals surface area contributed by atoms with E-state index in [2.05, 4.69) is 0 Å². The molecule has 0 aliphatic heterocycles. The zero-order valence-corrected chi connectivity index (χ0v) is 6.53. The monoisotopic (exact) mass is 166 g/mol. The van der Waals surface area contributed by atoms with E-state index in [0.717, 1.165) is 12.8 Å². The molecule has 12 heavy (non-hydrogen) atoms. The fourth-order valence-electron chi connectivity index (χ4n) is 1.33. The molecule has 1 aromatic rings. The molecule has 1 aliphatic rings. The lowest BCUT2D eigenvalue weighted by Gasteiger charge is -2.01. The molecule has 2 rings (SSSR count). The summed E-state index contributed by atoms with van der Waals surface area (Å²) in [6, 6.07) is 1.87. The molecule has 1 fully saturated rings. The molecule has 4 nitrogen and oxygen atoms in total. The van der Waals surface area contributed by atoms with Crippen LogP contribution in [0.1, 0.15) is 29.4 Å². The predicted molar refractivity (Wildman–Crippen MR) is 44.1 cm³/mol. The Morgan fingerprint density at radius 1 is 1.67 bits per heavy atom. The first-order valence-corrected chi connectivity index (χ1v) is 3.89. The van der Waals surface area contributed by atoms with Gasteiger partial charge in [-0.3, -0.25) is 0 Å². The van der Waals surface area contributed by atoms with Gasteiger partial charge in [0.25, 0.3) is 0 Å². The lowest BCUT2D eigenvalue weighted by atomic mass is 10.4. The van der Waals surface area contributed by atoms with E-state index in [4.69, 9.17) is 10.8 Å². The molecule has 0 aromatic carbocycles. The highest BCUT2D eigenvalue weighted by molar-refractivity contribution is 5.87. The first-order valence-electron chi connectivity index (χ1n) is 3.89. The van der Waals surface area contributed by atoms with Gasteiger partial charge in [-0.2, -0.15) is 0 Å². The third kappa shape index (κ3) is 1.05. The SMILES string of the molecule is Nc1cc(C(=O)O)n(C2CC2)c1. The van der Waals surface area contributed by atoms with Crippen LogP contribution in [0.25, 0.3) is 0 Å². The van der Waals surface area contributed by atoms with Crippen LogP contribution >= 0.6 is 0 Å². The zero-order valence-electron chi connectivity index (χ0n) is 6.53. The lowest BCUT2D eigenvalue weighted by molar-refractivity contribution is 0.0685. The maximum absolute atomic E-state index is 10.7. The van der Waals surface area contributed by atoms with E-state index in [0.29, 0.717) is 17.4 Å². The number of hydrogen-bond donors (Lipinski definition) is 2. The Morgan fingerprint density at radius 3 is 2.83 bits per heavy atom. The Labute approximate surface area is 69.6 Å². The average Bonchev–Trinajstić information content (AvgIpc) is 2.75. The van der Waals surface area contributed by atoms with Crippen molar-refractivity contribution in [2.24, 2.45) is 0 Å². The third-order valence-corrected chi connectivity index (χ3v) is 2.03. The maximum Gasteiger partial charge on any atom is 0.352 e. The second kappa shape index (κ2) is 2.27. The third-order valence-electron chi connectivity index (χ3n) is 2.03. The summed E-state index contributed by atoms with van der Waals surface area (Å²) >= 11 is 0. The first-order chi connectivity index (χ1) is 5.68. The quantitative estimate of drug-likeness (QED) is 0.691. The largest absolute Gasteiger partial charge is 0.477 e. The fraction of sp³-hybridized carbons (Fsp3) is 0.375. The molecule has 0 bridgehead atoms. The number of anilines is 1. The fourth-order valence-corrected chi connectivity index (χ4v) is 1.33. The minimum Gasteiger partial charge on any atom is -0.477 e. The number of nitrogen functional groups attached to an aromatic ring is 1. The van der Waals surface area contributed by atoms with Gasteiger partial charge < -0.3 is 15.4 Å².